The van der Waals surface area contributed by atoms with E-state index in [9.17, 15) is 14.7 Å². The fourth-order valence-electron chi connectivity index (χ4n) is 1.92. The van der Waals surface area contributed by atoms with E-state index in [4.69, 9.17) is 11.6 Å². The maximum atomic E-state index is 12.2. The van der Waals surface area contributed by atoms with Gasteiger partial charge in [-0.15, -0.1) is 11.8 Å². The van der Waals surface area contributed by atoms with Gasteiger partial charge in [-0.1, -0.05) is 51.8 Å². The lowest BCUT2D eigenvalue weighted by Gasteiger charge is -2.11. The first-order valence-electron chi connectivity index (χ1n) is 6.83. The molecule has 2 aromatic carbocycles. The van der Waals surface area contributed by atoms with Crippen LogP contribution in [0.15, 0.2) is 53.0 Å². The molecule has 0 aliphatic heterocycles. The number of carbonyl (C=O) groups excluding carboxylic acids is 1. The van der Waals surface area contributed by atoms with E-state index in [1.54, 1.807) is 36.4 Å². The van der Waals surface area contributed by atoms with Crippen LogP contribution in [0.2, 0.25) is 5.02 Å². The molecule has 3 nitrogen and oxygen atoms in total. The van der Waals surface area contributed by atoms with E-state index in [-0.39, 0.29) is 12.2 Å². The van der Waals surface area contributed by atoms with Crippen LogP contribution in [-0.2, 0) is 10.5 Å². The van der Waals surface area contributed by atoms with Gasteiger partial charge in [0.25, 0.3) is 0 Å². The van der Waals surface area contributed by atoms with Gasteiger partial charge in [0.2, 0.25) is 0 Å². The third-order valence-electron chi connectivity index (χ3n) is 3.18. The SMILES string of the molecule is O=C(C[C@H](SCc1ccc(Cl)cc1)C(=O)O)c1ccc(Br)cc1. The van der Waals surface area contributed by atoms with Crippen molar-refractivity contribution in [3.63, 3.8) is 0 Å². The molecule has 120 valence electrons. The van der Waals surface area contributed by atoms with Gasteiger partial charge in [0.15, 0.2) is 5.78 Å². The van der Waals surface area contributed by atoms with Gasteiger partial charge in [-0.2, -0.15) is 0 Å². The predicted molar refractivity (Wildman–Crippen MR) is 97.3 cm³/mol. The van der Waals surface area contributed by atoms with Crippen molar-refractivity contribution in [2.45, 2.75) is 17.4 Å². The quantitative estimate of drug-likeness (QED) is 0.644. The van der Waals surface area contributed by atoms with E-state index in [0.717, 1.165) is 10.0 Å². The van der Waals surface area contributed by atoms with Gasteiger partial charge >= 0.3 is 5.97 Å². The molecule has 0 heterocycles. The van der Waals surface area contributed by atoms with Crippen LogP contribution in [0.1, 0.15) is 22.3 Å². The second kappa shape index (κ2) is 8.52. The average molecular weight is 414 g/mol. The highest BCUT2D eigenvalue weighted by Crippen LogP contribution is 2.23. The Kier molecular flexibility index (Phi) is 6.69. The lowest BCUT2D eigenvalue weighted by molar-refractivity contribution is -0.136. The van der Waals surface area contributed by atoms with Gasteiger partial charge in [0.05, 0.1) is 0 Å². The molecule has 0 aromatic heterocycles. The monoisotopic (exact) mass is 412 g/mol. The van der Waals surface area contributed by atoms with E-state index in [1.165, 1.54) is 11.8 Å². The average Bonchev–Trinajstić information content (AvgIpc) is 2.53. The highest BCUT2D eigenvalue weighted by molar-refractivity contribution is 9.10. The van der Waals surface area contributed by atoms with Gasteiger partial charge in [-0.25, -0.2) is 0 Å². The van der Waals surface area contributed by atoms with E-state index in [2.05, 4.69) is 15.9 Å². The summed E-state index contributed by atoms with van der Waals surface area (Å²) < 4.78 is 0.876. The van der Waals surface area contributed by atoms with Crippen molar-refractivity contribution in [3.05, 3.63) is 69.2 Å². The lowest BCUT2D eigenvalue weighted by Crippen LogP contribution is -2.21. The molecule has 6 heteroatoms. The summed E-state index contributed by atoms with van der Waals surface area (Å²) in [5.41, 5.74) is 1.49. The second-order valence-corrected chi connectivity index (χ2v) is 7.44. The number of carboxylic acids is 1. The summed E-state index contributed by atoms with van der Waals surface area (Å²) >= 11 is 10.4. The summed E-state index contributed by atoms with van der Waals surface area (Å²) in [6.07, 6.45) is -0.0325. The molecule has 23 heavy (non-hydrogen) atoms. The highest BCUT2D eigenvalue weighted by Gasteiger charge is 2.22. The molecule has 0 aliphatic carbocycles. The van der Waals surface area contributed by atoms with Crippen LogP contribution >= 0.6 is 39.3 Å². The minimum absolute atomic E-state index is 0.0325. The number of thioether (sulfide) groups is 1. The van der Waals surface area contributed by atoms with E-state index in [1.807, 2.05) is 12.1 Å². The summed E-state index contributed by atoms with van der Waals surface area (Å²) in [6.45, 7) is 0. The Morgan fingerprint density at radius 2 is 1.70 bits per heavy atom. The molecule has 2 aromatic rings. The molecule has 0 bridgehead atoms. The van der Waals surface area contributed by atoms with E-state index < -0.39 is 11.2 Å². The predicted octanol–water partition coefficient (Wildman–Crippen LogP) is 5.06. The molecule has 0 fully saturated rings. The minimum atomic E-state index is -0.977. The van der Waals surface area contributed by atoms with Crippen molar-refractivity contribution < 1.29 is 14.7 Å². The Morgan fingerprint density at radius 1 is 1.09 bits per heavy atom. The number of carboxylic acid groups (broad SMARTS) is 1. The van der Waals surface area contributed by atoms with Crippen molar-refractivity contribution in [1.82, 2.24) is 0 Å². The van der Waals surface area contributed by atoms with Gasteiger partial charge in [0.1, 0.15) is 5.25 Å². The topological polar surface area (TPSA) is 54.4 Å². The van der Waals surface area contributed by atoms with Crippen LogP contribution in [0.5, 0.6) is 0 Å². The Balaban J connectivity index is 1.98. The summed E-state index contributed by atoms with van der Waals surface area (Å²) in [5.74, 6) is -0.634. The molecular formula is C17H14BrClO3S. The molecule has 0 spiro atoms. The van der Waals surface area contributed by atoms with Gasteiger partial charge in [0, 0.05) is 27.2 Å². The molecule has 0 unspecified atom stereocenters. The number of ketones is 1. The number of hydrogen-bond acceptors (Lipinski definition) is 3. The van der Waals surface area contributed by atoms with Gasteiger partial charge in [-0.05, 0) is 29.8 Å². The smallest absolute Gasteiger partial charge is 0.317 e. The van der Waals surface area contributed by atoms with Crippen LogP contribution in [-0.4, -0.2) is 22.1 Å². The van der Waals surface area contributed by atoms with Crippen molar-refractivity contribution in [2.75, 3.05) is 0 Å². The Labute approximate surface area is 152 Å². The highest BCUT2D eigenvalue weighted by atomic mass is 79.9. The number of benzene rings is 2. The first-order chi connectivity index (χ1) is 11.0. The largest absolute Gasteiger partial charge is 0.480 e. The first kappa shape index (κ1) is 18.0. The number of aliphatic carboxylic acids is 1. The summed E-state index contributed by atoms with van der Waals surface area (Å²) in [5, 5.41) is 9.20. The Hall–Kier alpha value is -1.30. The number of carbonyl (C=O) groups is 2. The molecule has 2 rings (SSSR count). The molecule has 0 saturated heterocycles. The van der Waals surface area contributed by atoms with Crippen molar-refractivity contribution in [3.8, 4) is 0 Å². The fraction of sp³-hybridized carbons (Fsp3) is 0.176. The maximum Gasteiger partial charge on any atom is 0.317 e. The first-order valence-corrected chi connectivity index (χ1v) is 9.05. The number of rotatable bonds is 7. The van der Waals surface area contributed by atoms with E-state index in [0.29, 0.717) is 16.3 Å². The third kappa shape index (κ3) is 5.68. The molecule has 1 atom stereocenters. The standard InChI is InChI=1S/C17H14BrClO3S/c18-13-5-3-12(4-6-13)15(20)9-16(17(21)22)23-10-11-1-7-14(19)8-2-11/h1-8,16H,9-10H2,(H,21,22)/t16-/m0/s1. The molecular weight excluding hydrogens is 400 g/mol. The molecule has 0 amide bonds. The lowest BCUT2D eigenvalue weighted by atomic mass is 10.1. The zero-order valence-corrected chi connectivity index (χ0v) is 15.2. The van der Waals surface area contributed by atoms with Crippen LogP contribution in [0.3, 0.4) is 0 Å². The van der Waals surface area contributed by atoms with Crippen molar-refractivity contribution >= 4 is 51.0 Å². The summed E-state index contributed by atoms with van der Waals surface area (Å²) in [7, 11) is 0. The zero-order valence-electron chi connectivity index (χ0n) is 12.0. The molecule has 0 saturated carbocycles. The minimum Gasteiger partial charge on any atom is -0.480 e. The van der Waals surface area contributed by atoms with Crippen molar-refractivity contribution in [2.24, 2.45) is 0 Å². The maximum absolute atomic E-state index is 12.2. The molecule has 1 N–H and O–H groups in total. The van der Waals surface area contributed by atoms with Crippen LogP contribution in [0, 0.1) is 0 Å². The normalized spacial score (nSPS) is 11.9. The summed E-state index contributed by atoms with van der Waals surface area (Å²) in [4.78, 5) is 23.6. The molecule has 0 radical (unpaired) electrons. The molecule has 0 aliphatic rings. The Bertz CT molecular complexity index is 686. The number of hydrogen-bond donors (Lipinski definition) is 1. The Morgan fingerprint density at radius 3 is 2.26 bits per heavy atom. The van der Waals surface area contributed by atoms with Crippen LogP contribution in [0.25, 0.3) is 0 Å². The van der Waals surface area contributed by atoms with Crippen LogP contribution < -0.4 is 0 Å². The van der Waals surface area contributed by atoms with Crippen molar-refractivity contribution in [1.29, 1.82) is 0 Å². The van der Waals surface area contributed by atoms with Crippen LogP contribution in [0.4, 0.5) is 0 Å². The number of Topliss-reactive ketones (excluding diaryl/α,β-unsaturated/α-hetero) is 1. The van der Waals surface area contributed by atoms with Gasteiger partial charge in [-0.3, -0.25) is 9.59 Å². The zero-order chi connectivity index (χ0) is 16.8. The van der Waals surface area contributed by atoms with E-state index >= 15 is 0 Å². The second-order valence-electron chi connectivity index (χ2n) is 4.90. The number of halogens is 2. The fourth-order valence-corrected chi connectivity index (χ4v) is 3.31. The van der Waals surface area contributed by atoms with Gasteiger partial charge < -0.3 is 5.11 Å². The third-order valence-corrected chi connectivity index (χ3v) is 5.23. The summed E-state index contributed by atoms with van der Waals surface area (Å²) in [6, 6.07) is 14.1.